The maximum Gasteiger partial charge on any atom is 0.141 e. The van der Waals surface area contributed by atoms with Crippen LogP contribution in [0.15, 0.2) is 10.1 Å². The van der Waals surface area contributed by atoms with Crippen molar-refractivity contribution in [3.63, 3.8) is 0 Å². The maximum absolute atomic E-state index is 5.29. The number of nitrogens with zero attached hydrogens (tertiary/aromatic N) is 1. The third kappa shape index (κ3) is 3.95. The van der Waals surface area contributed by atoms with Gasteiger partial charge in [0.05, 0.1) is 5.69 Å². The van der Waals surface area contributed by atoms with Gasteiger partial charge in [-0.25, -0.2) is 0 Å². The fourth-order valence-electron chi connectivity index (χ4n) is 3.08. The molecule has 112 valence electrons. The first kappa shape index (κ1) is 15.3. The summed E-state index contributed by atoms with van der Waals surface area (Å²) in [5.41, 5.74) is 3.72. The largest absolute Gasteiger partial charge is 0.361 e. The van der Waals surface area contributed by atoms with Gasteiger partial charge in [0.2, 0.25) is 0 Å². The number of rotatable bonds is 6. The van der Waals surface area contributed by atoms with Crippen molar-refractivity contribution in [1.29, 1.82) is 0 Å². The summed E-state index contributed by atoms with van der Waals surface area (Å²) in [6.07, 6.45) is 10.3. The molecule has 0 spiro atoms. The lowest BCUT2D eigenvalue weighted by Gasteiger charge is -2.25. The molecule has 1 aromatic rings. The third-order valence-electron chi connectivity index (χ3n) is 4.30. The van der Waals surface area contributed by atoms with Crippen LogP contribution >= 0.6 is 0 Å². The second-order valence-corrected chi connectivity index (χ2v) is 5.97. The fourth-order valence-corrected chi connectivity index (χ4v) is 3.08. The van der Waals surface area contributed by atoms with E-state index in [1.165, 1.54) is 49.7 Å². The van der Waals surface area contributed by atoms with Gasteiger partial charge in [0.1, 0.15) is 5.76 Å². The zero-order valence-electron chi connectivity index (χ0n) is 13.2. The quantitative estimate of drug-likeness (QED) is 0.789. The topological polar surface area (TPSA) is 38.1 Å². The van der Waals surface area contributed by atoms with Crippen LogP contribution in [0.5, 0.6) is 0 Å². The summed E-state index contributed by atoms with van der Waals surface area (Å²) in [5, 5.41) is 7.64. The van der Waals surface area contributed by atoms with Gasteiger partial charge in [0.15, 0.2) is 0 Å². The van der Waals surface area contributed by atoms with Crippen molar-refractivity contribution >= 4 is 6.08 Å². The summed E-state index contributed by atoms with van der Waals surface area (Å²) in [5.74, 6) is 1.67. The summed E-state index contributed by atoms with van der Waals surface area (Å²) < 4.78 is 5.29. The summed E-state index contributed by atoms with van der Waals surface area (Å²) in [7, 11) is 0. The number of aromatic nitrogens is 1. The molecule has 3 nitrogen and oxygen atoms in total. The van der Waals surface area contributed by atoms with Gasteiger partial charge in [-0.15, -0.1) is 0 Å². The molecule has 3 heteroatoms. The molecule has 2 rings (SSSR count). The predicted molar refractivity (Wildman–Crippen MR) is 83.7 cm³/mol. The summed E-state index contributed by atoms with van der Waals surface area (Å²) in [6.45, 7) is 8.34. The molecule has 0 saturated heterocycles. The molecule has 1 heterocycles. The van der Waals surface area contributed by atoms with Crippen molar-refractivity contribution in [1.82, 2.24) is 10.5 Å². The van der Waals surface area contributed by atoms with Gasteiger partial charge < -0.3 is 9.84 Å². The Bertz CT molecular complexity index is 422. The van der Waals surface area contributed by atoms with Gasteiger partial charge in [-0.05, 0) is 51.6 Å². The molecule has 1 aliphatic carbocycles. The molecule has 0 aliphatic heterocycles. The maximum atomic E-state index is 5.29. The molecule has 1 saturated carbocycles. The highest BCUT2D eigenvalue weighted by Gasteiger charge is 2.19. The Labute approximate surface area is 122 Å². The number of nitrogens with one attached hydrogen (secondary N) is 1. The van der Waals surface area contributed by atoms with Crippen molar-refractivity contribution in [3.05, 3.63) is 22.6 Å². The van der Waals surface area contributed by atoms with Crippen LogP contribution in [-0.4, -0.2) is 18.2 Å². The lowest BCUT2D eigenvalue weighted by atomic mass is 9.83. The molecular formula is C17H28N2O. The lowest BCUT2D eigenvalue weighted by molar-refractivity contribution is 0.392. The van der Waals surface area contributed by atoms with Gasteiger partial charge >= 0.3 is 0 Å². The van der Waals surface area contributed by atoms with Gasteiger partial charge in [0, 0.05) is 12.1 Å². The highest BCUT2D eigenvalue weighted by atomic mass is 16.5. The van der Waals surface area contributed by atoms with E-state index in [0.717, 1.165) is 30.5 Å². The molecule has 0 amide bonds. The SMILES string of the molecule is CCCNCC(=Cc1c(C)noc1C)C1CCCCC1. The molecular weight excluding hydrogens is 248 g/mol. The van der Waals surface area contributed by atoms with Crippen LogP contribution in [0.2, 0.25) is 0 Å². The van der Waals surface area contributed by atoms with Crippen LogP contribution in [0.3, 0.4) is 0 Å². The zero-order valence-corrected chi connectivity index (χ0v) is 13.2. The first-order valence-corrected chi connectivity index (χ1v) is 8.06. The van der Waals surface area contributed by atoms with E-state index in [-0.39, 0.29) is 0 Å². The highest BCUT2D eigenvalue weighted by Crippen LogP contribution is 2.31. The third-order valence-corrected chi connectivity index (χ3v) is 4.30. The Morgan fingerprint density at radius 3 is 2.65 bits per heavy atom. The highest BCUT2D eigenvalue weighted by molar-refractivity contribution is 5.57. The molecule has 0 aromatic carbocycles. The molecule has 0 radical (unpaired) electrons. The Morgan fingerprint density at radius 2 is 2.05 bits per heavy atom. The molecule has 20 heavy (non-hydrogen) atoms. The number of aryl methyl sites for hydroxylation is 2. The smallest absolute Gasteiger partial charge is 0.141 e. The zero-order chi connectivity index (χ0) is 14.4. The van der Waals surface area contributed by atoms with Crippen LogP contribution in [0.1, 0.15) is 62.5 Å². The predicted octanol–water partition coefficient (Wildman–Crippen LogP) is 4.25. The van der Waals surface area contributed by atoms with Crippen LogP contribution < -0.4 is 5.32 Å². The van der Waals surface area contributed by atoms with Gasteiger partial charge in [0.25, 0.3) is 0 Å². The standard InChI is InChI=1S/C17H28N2O/c1-4-10-18-12-16(15-8-6-5-7-9-15)11-17-13(2)19-20-14(17)3/h11,15,18H,4-10,12H2,1-3H3. The van der Waals surface area contributed by atoms with Crippen molar-refractivity contribution in [2.75, 3.05) is 13.1 Å². The van der Waals surface area contributed by atoms with E-state index in [0.29, 0.717) is 0 Å². The monoisotopic (exact) mass is 276 g/mol. The second kappa shape index (κ2) is 7.63. The average Bonchev–Trinajstić information content (AvgIpc) is 2.79. The van der Waals surface area contributed by atoms with Crippen LogP contribution in [-0.2, 0) is 0 Å². The average molecular weight is 276 g/mol. The Morgan fingerprint density at radius 1 is 1.30 bits per heavy atom. The minimum atomic E-state index is 0.738. The van der Waals surface area contributed by atoms with Crippen molar-refractivity contribution in [3.8, 4) is 0 Å². The molecule has 1 aliphatic rings. The molecule has 1 fully saturated rings. The van der Waals surface area contributed by atoms with Crippen LogP contribution in [0.4, 0.5) is 0 Å². The van der Waals surface area contributed by atoms with Crippen LogP contribution in [0, 0.1) is 19.8 Å². The van der Waals surface area contributed by atoms with Gasteiger partial charge in [-0.2, -0.15) is 0 Å². The van der Waals surface area contributed by atoms with E-state index < -0.39 is 0 Å². The lowest BCUT2D eigenvalue weighted by Crippen LogP contribution is -2.23. The molecule has 1 aromatic heterocycles. The Kier molecular flexibility index (Phi) is 5.84. The first-order chi connectivity index (χ1) is 9.72. The second-order valence-electron chi connectivity index (χ2n) is 5.97. The fraction of sp³-hybridized carbons (Fsp3) is 0.706. The van der Waals surface area contributed by atoms with Crippen molar-refractivity contribution in [2.24, 2.45) is 5.92 Å². The van der Waals surface area contributed by atoms with Gasteiger partial charge in [-0.3, -0.25) is 0 Å². The normalized spacial score (nSPS) is 17.6. The summed E-state index contributed by atoms with van der Waals surface area (Å²) in [4.78, 5) is 0. The van der Waals surface area contributed by atoms with E-state index in [4.69, 9.17) is 4.52 Å². The van der Waals surface area contributed by atoms with E-state index in [1.54, 1.807) is 0 Å². The van der Waals surface area contributed by atoms with Crippen LogP contribution in [0.25, 0.3) is 6.08 Å². The van der Waals surface area contributed by atoms with E-state index >= 15 is 0 Å². The van der Waals surface area contributed by atoms with Gasteiger partial charge in [-0.1, -0.05) is 36.9 Å². The number of hydrogen-bond acceptors (Lipinski definition) is 3. The summed E-state index contributed by atoms with van der Waals surface area (Å²) in [6, 6.07) is 0. The molecule has 0 unspecified atom stereocenters. The van der Waals surface area contributed by atoms with Crippen molar-refractivity contribution in [2.45, 2.75) is 59.3 Å². The number of hydrogen-bond donors (Lipinski definition) is 1. The Hall–Kier alpha value is -1.09. The molecule has 0 bridgehead atoms. The van der Waals surface area contributed by atoms with Crippen molar-refractivity contribution < 1.29 is 4.52 Å². The minimum absolute atomic E-state index is 0.738. The molecule has 0 atom stereocenters. The Balaban J connectivity index is 2.16. The van der Waals surface area contributed by atoms with E-state index in [2.05, 4.69) is 23.5 Å². The summed E-state index contributed by atoms with van der Waals surface area (Å²) >= 11 is 0. The van der Waals surface area contributed by atoms with E-state index in [9.17, 15) is 0 Å². The van der Waals surface area contributed by atoms with E-state index in [1.807, 2.05) is 13.8 Å². The molecule has 1 N–H and O–H groups in total. The minimum Gasteiger partial charge on any atom is -0.361 e. The first-order valence-electron chi connectivity index (χ1n) is 8.06.